The van der Waals surface area contributed by atoms with Crippen molar-refractivity contribution < 1.29 is 24.2 Å². The van der Waals surface area contributed by atoms with Crippen molar-refractivity contribution in [3.05, 3.63) is 0 Å². The number of hydrogen-bond acceptors (Lipinski definition) is 6. The lowest BCUT2D eigenvalue weighted by Gasteiger charge is -2.24. The predicted octanol–water partition coefficient (Wildman–Crippen LogP) is 1.85. The van der Waals surface area contributed by atoms with E-state index in [9.17, 15) is 14.4 Å². The average Bonchev–Trinajstić information content (AvgIpc) is 2.86. The second kappa shape index (κ2) is 7.64. The van der Waals surface area contributed by atoms with Gasteiger partial charge in [-0.1, -0.05) is 17.7 Å². The zero-order chi connectivity index (χ0) is 14.4. The highest BCUT2D eigenvalue weighted by Crippen LogP contribution is 2.27. The van der Waals surface area contributed by atoms with Crippen molar-refractivity contribution in [3.63, 3.8) is 0 Å². The van der Waals surface area contributed by atoms with Crippen LogP contribution in [-0.2, 0) is 14.3 Å². The molecule has 1 aliphatic rings. The first-order chi connectivity index (χ1) is 8.97. The highest BCUT2D eigenvalue weighted by Gasteiger charge is 2.35. The smallest absolute Gasteiger partial charge is 0.377 e. The molecular weight excluding hydrogens is 290 g/mol. The van der Waals surface area contributed by atoms with Crippen molar-refractivity contribution in [1.82, 2.24) is 4.90 Å². The first kappa shape index (κ1) is 16.2. The molecule has 1 fully saturated rings. The quantitative estimate of drug-likeness (QED) is 0.613. The summed E-state index contributed by atoms with van der Waals surface area (Å²) in [6.07, 6.45) is 1.23. The Morgan fingerprint density at radius 3 is 2.74 bits per heavy atom. The third-order valence-corrected chi connectivity index (χ3v) is 5.08. The second-order valence-corrected chi connectivity index (χ2v) is 6.53. The Hall–Kier alpha value is -0.890. The summed E-state index contributed by atoms with van der Waals surface area (Å²) in [6, 6.07) is -0.701. The van der Waals surface area contributed by atoms with Gasteiger partial charge in [0.25, 0.3) is 0 Å². The molecule has 0 radical (unpaired) electrons. The van der Waals surface area contributed by atoms with Gasteiger partial charge < -0.3 is 14.7 Å². The molecular formula is C11H17NO5S2. The molecule has 1 rings (SSSR count). The Kier molecular flexibility index (Phi) is 6.50. The van der Waals surface area contributed by atoms with Crippen molar-refractivity contribution in [2.45, 2.75) is 25.8 Å². The lowest BCUT2D eigenvalue weighted by molar-refractivity contribution is -0.149. The molecule has 0 unspecified atom stereocenters. The fourth-order valence-electron chi connectivity index (χ4n) is 1.86. The van der Waals surface area contributed by atoms with Gasteiger partial charge in [-0.25, -0.2) is 9.59 Å². The summed E-state index contributed by atoms with van der Waals surface area (Å²) >= 11 is 0. The molecule has 108 valence electrons. The normalized spacial score (nSPS) is 20.1. The van der Waals surface area contributed by atoms with Gasteiger partial charge in [-0.2, -0.15) is 0 Å². The number of rotatable bonds is 5. The van der Waals surface area contributed by atoms with Crippen molar-refractivity contribution in [2.75, 3.05) is 19.4 Å². The topological polar surface area (TPSA) is 83.9 Å². The van der Waals surface area contributed by atoms with E-state index < -0.39 is 17.3 Å². The minimum absolute atomic E-state index is 0.164. The van der Waals surface area contributed by atoms with Crippen molar-refractivity contribution >= 4 is 38.8 Å². The number of carbonyl (C=O) groups excluding carboxylic acids is 2. The van der Waals surface area contributed by atoms with Gasteiger partial charge in [-0.3, -0.25) is 4.79 Å². The van der Waals surface area contributed by atoms with E-state index in [0.717, 1.165) is 17.2 Å². The largest absolute Gasteiger partial charge is 0.480 e. The van der Waals surface area contributed by atoms with Gasteiger partial charge in [0.05, 0.1) is 7.11 Å². The van der Waals surface area contributed by atoms with Gasteiger partial charge in [0.15, 0.2) is 0 Å². The molecule has 0 aromatic rings. The summed E-state index contributed by atoms with van der Waals surface area (Å²) in [5.41, 5.74) is 0. The Morgan fingerprint density at radius 1 is 1.47 bits per heavy atom. The molecule has 0 bridgehead atoms. The Labute approximate surface area is 119 Å². The zero-order valence-electron chi connectivity index (χ0n) is 10.8. The minimum Gasteiger partial charge on any atom is -0.480 e. The number of aliphatic carboxylic acids is 1. The number of carboxylic acid groups (broad SMARTS) is 1. The maximum Gasteiger partial charge on any atom is 0.377 e. The van der Waals surface area contributed by atoms with Crippen LogP contribution in [0, 0.1) is 5.92 Å². The number of likely N-dealkylation sites (tertiary alicyclic amines) is 1. The SMILES string of the molecule is COC(=O)SSC[C@@H](C)C(=O)N1CCC[C@H]1C(=O)O. The van der Waals surface area contributed by atoms with E-state index in [1.54, 1.807) is 6.92 Å². The number of nitrogens with zero attached hydrogens (tertiary/aromatic N) is 1. The van der Waals surface area contributed by atoms with Crippen molar-refractivity contribution in [2.24, 2.45) is 5.92 Å². The van der Waals surface area contributed by atoms with E-state index in [1.165, 1.54) is 22.8 Å². The standard InChI is InChI=1S/C11H17NO5S2/c1-7(6-18-19-11(16)17-2)9(13)12-5-3-4-8(12)10(14)15/h7-8H,3-6H2,1-2H3,(H,14,15)/t7-,8+/m1/s1. The summed E-state index contributed by atoms with van der Waals surface area (Å²) < 4.78 is 4.47. The summed E-state index contributed by atoms with van der Waals surface area (Å²) in [5, 5.41) is 8.62. The van der Waals surface area contributed by atoms with Gasteiger partial charge in [-0.05, 0) is 12.8 Å². The van der Waals surface area contributed by atoms with E-state index >= 15 is 0 Å². The molecule has 0 aromatic heterocycles. The lowest BCUT2D eigenvalue weighted by Crippen LogP contribution is -2.43. The van der Waals surface area contributed by atoms with Gasteiger partial charge >= 0.3 is 11.3 Å². The molecule has 1 saturated heterocycles. The molecule has 2 atom stereocenters. The van der Waals surface area contributed by atoms with Crippen molar-refractivity contribution in [3.8, 4) is 0 Å². The van der Waals surface area contributed by atoms with Crippen LogP contribution in [0.15, 0.2) is 0 Å². The van der Waals surface area contributed by atoms with Crippen LogP contribution in [0.3, 0.4) is 0 Å². The number of carboxylic acids is 1. The zero-order valence-corrected chi connectivity index (χ0v) is 12.5. The fraction of sp³-hybridized carbons (Fsp3) is 0.727. The monoisotopic (exact) mass is 307 g/mol. The molecule has 0 aliphatic carbocycles. The number of ether oxygens (including phenoxy) is 1. The van der Waals surface area contributed by atoms with Crippen LogP contribution in [-0.4, -0.2) is 52.6 Å². The Bertz CT molecular complexity index is 363. The second-order valence-electron chi connectivity index (χ2n) is 4.25. The number of hydrogen-bond donors (Lipinski definition) is 1. The van der Waals surface area contributed by atoms with Gasteiger partial charge in [0.1, 0.15) is 6.04 Å². The van der Waals surface area contributed by atoms with Crippen LogP contribution < -0.4 is 0 Å². The number of carbonyl (C=O) groups is 3. The van der Waals surface area contributed by atoms with Gasteiger partial charge in [-0.15, -0.1) is 0 Å². The first-order valence-electron chi connectivity index (χ1n) is 5.88. The summed E-state index contributed by atoms with van der Waals surface area (Å²) in [5.74, 6) is -0.985. The maximum absolute atomic E-state index is 12.1. The fourth-order valence-corrected chi connectivity index (χ4v) is 3.75. The molecule has 6 nitrogen and oxygen atoms in total. The van der Waals surface area contributed by atoms with E-state index in [0.29, 0.717) is 18.7 Å². The molecule has 8 heteroatoms. The van der Waals surface area contributed by atoms with Gasteiger partial charge in [0.2, 0.25) is 5.91 Å². The van der Waals surface area contributed by atoms with E-state index in [2.05, 4.69) is 4.74 Å². The Morgan fingerprint density at radius 2 is 2.16 bits per heavy atom. The predicted molar refractivity (Wildman–Crippen MR) is 74.0 cm³/mol. The highest BCUT2D eigenvalue weighted by molar-refractivity contribution is 8.82. The average molecular weight is 307 g/mol. The summed E-state index contributed by atoms with van der Waals surface area (Å²) in [4.78, 5) is 35.5. The van der Waals surface area contributed by atoms with E-state index in [-0.39, 0.29) is 11.8 Å². The van der Waals surface area contributed by atoms with Crippen LogP contribution in [0.5, 0.6) is 0 Å². The molecule has 0 spiro atoms. The molecule has 1 amide bonds. The van der Waals surface area contributed by atoms with Crippen LogP contribution >= 0.6 is 21.6 Å². The minimum atomic E-state index is -0.949. The molecule has 0 saturated carbocycles. The van der Waals surface area contributed by atoms with E-state index in [4.69, 9.17) is 5.11 Å². The third kappa shape index (κ3) is 4.61. The van der Waals surface area contributed by atoms with Crippen LogP contribution in [0.1, 0.15) is 19.8 Å². The van der Waals surface area contributed by atoms with Gasteiger partial charge in [0, 0.05) is 29.0 Å². The summed E-state index contributed by atoms with van der Waals surface area (Å²) in [6.45, 7) is 2.24. The molecule has 0 aromatic carbocycles. The number of amides is 1. The molecule has 19 heavy (non-hydrogen) atoms. The number of methoxy groups -OCH3 is 1. The van der Waals surface area contributed by atoms with Crippen LogP contribution in [0.25, 0.3) is 0 Å². The van der Waals surface area contributed by atoms with Crippen molar-refractivity contribution in [1.29, 1.82) is 0 Å². The van der Waals surface area contributed by atoms with Crippen LogP contribution in [0.2, 0.25) is 0 Å². The molecule has 1 N–H and O–H groups in total. The van der Waals surface area contributed by atoms with Crippen LogP contribution in [0.4, 0.5) is 4.79 Å². The molecule has 1 heterocycles. The third-order valence-electron chi connectivity index (χ3n) is 2.85. The Balaban J connectivity index is 2.43. The first-order valence-corrected chi connectivity index (χ1v) is 8.20. The molecule has 1 aliphatic heterocycles. The van der Waals surface area contributed by atoms with E-state index in [1.807, 2.05) is 0 Å². The lowest BCUT2D eigenvalue weighted by atomic mass is 10.1. The maximum atomic E-state index is 12.1. The highest BCUT2D eigenvalue weighted by atomic mass is 33.1. The summed E-state index contributed by atoms with van der Waals surface area (Å²) in [7, 11) is 3.48.